The molecule has 1 rings (SSSR count). The van der Waals surface area contributed by atoms with Gasteiger partial charge in [-0.05, 0) is 47.7 Å². The number of hydrogen-bond acceptors (Lipinski definition) is 2. The maximum absolute atomic E-state index is 12.8. The standard InChI is InChI=1S/C10H11FINO2/c1-6(5-14)13-10(15)8-3-2-7(11)4-9(8)12/h2-4,6,14H,5H2,1H3,(H,13,15)/t6-/m1/s1. The monoisotopic (exact) mass is 323 g/mol. The van der Waals surface area contributed by atoms with E-state index in [9.17, 15) is 9.18 Å². The lowest BCUT2D eigenvalue weighted by atomic mass is 10.2. The number of carbonyl (C=O) groups is 1. The second kappa shape index (κ2) is 5.41. The van der Waals surface area contributed by atoms with E-state index in [2.05, 4.69) is 5.32 Å². The Morgan fingerprint density at radius 2 is 2.33 bits per heavy atom. The molecule has 0 heterocycles. The molecule has 0 aliphatic heterocycles. The lowest BCUT2D eigenvalue weighted by Crippen LogP contribution is -2.35. The third-order valence-corrected chi connectivity index (χ3v) is 2.72. The molecule has 1 atom stereocenters. The van der Waals surface area contributed by atoms with Crippen LogP contribution in [0.5, 0.6) is 0 Å². The quantitative estimate of drug-likeness (QED) is 0.829. The van der Waals surface area contributed by atoms with Gasteiger partial charge in [-0.1, -0.05) is 0 Å². The first-order valence-corrected chi connectivity index (χ1v) is 5.49. The van der Waals surface area contributed by atoms with Crippen LogP contribution in [-0.2, 0) is 0 Å². The lowest BCUT2D eigenvalue weighted by molar-refractivity contribution is 0.0921. The summed E-state index contributed by atoms with van der Waals surface area (Å²) in [6.07, 6.45) is 0. The van der Waals surface area contributed by atoms with Crippen LogP contribution in [0.25, 0.3) is 0 Å². The fourth-order valence-corrected chi connectivity index (χ4v) is 1.74. The molecule has 0 bridgehead atoms. The van der Waals surface area contributed by atoms with Crippen LogP contribution in [0.4, 0.5) is 4.39 Å². The van der Waals surface area contributed by atoms with Gasteiger partial charge in [0.15, 0.2) is 0 Å². The van der Waals surface area contributed by atoms with Crippen molar-refractivity contribution in [2.75, 3.05) is 6.61 Å². The number of hydrogen-bond donors (Lipinski definition) is 2. The molecule has 1 aromatic rings. The number of benzene rings is 1. The predicted octanol–water partition coefficient (Wildman–Crippen LogP) is 1.54. The molecule has 0 spiro atoms. The summed E-state index contributed by atoms with van der Waals surface area (Å²) < 4.78 is 13.3. The Bertz CT molecular complexity index is 370. The van der Waals surface area contributed by atoms with Crippen molar-refractivity contribution >= 4 is 28.5 Å². The molecule has 0 unspecified atom stereocenters. The van der Waals surface area contributed by atoms with Crippen molar-refractivity contribution in [3.05, 3.63) is 33.1 Å². The second-order valence-corrected chi connectivity index (χ2v) is 4.34. The van der Waals surface area contributed by atoms with Gasteiger partial charge in [0.2, 0.25) is 0 Å². The van der Waals surface area contributed by atoms with Gasteiger partial charge in [0.1, 0.15) is 5.82 Å². The molecule has 15 heavy (non-hydrogen) atoms. The van der Waals surface area contributed by atoms with Crippen molar-refractivity contribution in [1.29, 1.82) is 0 Å². The first-order valence-electron chi connectivity index (χ1n) is 4.41. The van der Waals surface area contributed by atoms with E-state index in [0.717, 1.165) is 0 Å². The van der Waals surface area contributed by atoms with Gasteiger partial charge in [-0.25, -0.2) is 4.39 Å². The SMILES string of the molecule is C[C@H](CO)NC(=O)c1ccc(F)cc1I. The molecule has 0 saturated carbocycles. The molecule has 3 nitrogen and oxygen atoms in total. The van der Waals surface area contributed by atoms with E-state index in [1.807, 2.05) is 22.6 Å². The first-order chi connectivity index (χ1) is 7.04. The normalized spacial score (nSPS) is 12.3. The third kappa shape index (κ3) is 3.42. The zero-order valence-electron chi connectivity index (χ0n) is 8.13. The van der Waals surface area contributed by atoms with Gasteiger partial charge in [-0.2, -0.15) is 0 Å². The van der Waals surface area contributed by atoms with E-state index < -0.39 is 0 Å². The van der Waals surface area contributed by atoms with Crippen LogP contribution in [0.2, 0.25) is 0 Å². The van der Waals surface area contributed by atoms with Crippen molar-refractivity contribution in [2.24, 2.45) is 0 Å². The average molecular weight is 323 g/mol. The minimum Gasteiger partial charge on any atom is -0.394 e. The zero-order valence-corrected chi connectivity index (χ0v) is 10.3. The minimum atomic E-state index is -0.369. The Kier molecular flexibility index (Phi) is 4.46. The first kappa shape index (κ1) is 12.4. The molecule has 0 aliphatic carbocycles. The summed E-state index contributed by atoms with van der Waals surface area (Å²) >= 11 is 1.90. The number of halogens is 2. The van der Waals surface area contributed by atoms with E-state index >= 15 is 0 Å². The average Bonchev–Trinajstić information content (AvgIpc) is 2.17. The third-order valence-electron chi connectivity index (χ3n) is 1.83. The number of aliphatic hydroxyl groups is 1. The molecule has 82 valence electrons. The van der Waals surface area contributed by atoms with Gasteiger partial charge < -0.3 is 10.4 Å². The van der Waals surface area contributed by atoms with Crippen LogP contribution in [0, 0.1) is 9.39 Å². The van der Waals surface area contributed by atoms with Crippen molar-refractivity contribution in [3.63, 3.8) is 0 Å². The maximum atomic E-state index is 12.8. The van der Waals surface area contributed by atoms with Crippen LogP contribution >= 0.6 is 22.6 Å². The van der Waals surface area contributed by atoms with Gasteiger partial charge in [-0.15, -0.1) is 0 Å². The maximum Gasteiger partial charge on any atom is 0.252 e. The summed E-state index contributed by atoms with van der Waals surface area (Å²) in [4.78, 5) is 11.6. The van der Waals surface area contributed by atoms with Gasteiger partial charge in [0, 0.05) is 9.61 Å². The van der Waals surface area contributed by atoms with Gasteiger partial charge in [0.25, 0.3) is 5.91 Å². The summed E-state index contributed by atoms with van der Waals surface area (Å²) in [5.41, 5.74) is 0.414. The van der Waals surface area contributed by atoms with E-state index in [1.54, 1.807) is 6.92 Å². The molecule has 5 heteroatoms. The molecule has 0 fully saturated rings. The Balaban J connectivity index is 2.82. The van der Waals surface area contributed by atoms with Crippen LogP contribution in [0.15, 0.2) is 18.2 Å². The number of amides is 1. The number of rotatable bonds is 3. The van der Waals surface area contributed by atoms with Crippen molar-refractivity contribution < 1.29 is 14.3 Å². The highest BCUT2D eigenvalue weighted by molar-refractivity contribution is 14.1. The largest absolute Gasteiger partial charge is 0.394 e. The van der Waals surface area contributed by atoms with E-state index in [0.29, 0.717) is 9.13 Å². The smallest absolute Gasteiger partial charge is 0.252 e. The van der Waals surface area contributed by atoms with Gasteiger partial charge in [-0.3, -0.25) is 4.79 Å². The Morgan fingerprint density at radius 1 is 1.67 bits per heavy atom. The van der Waals surface area contributed by atoms with Crippen molar-refractivity contribution in [3.8, 4) is 0 Å². The summed E-state index contributed by atoms with van der Waals surface area (Å²) in [5, 5.41) is 11.4. The van der Waals surface area contributed by atoms with Crippen LogP contribution in [0.3, 0.4) is 0 Å². The summed E-state index contributed by atoms with van der Waals surface area (Å²) in [7, 11) is 0. The van der Waals surface area contributed by atoms with Crippen LogP contribution in [0.1, 0.15) is 17.3 Å². The van der Waals surface area contributed by atoms with Crippen LogP contribution < -0.4 is 5.32 Å². The second-order valence-electron chi connectivity index (χ2n) is 3.18. The summed E-state index contributed by atoms with van der Waals surface area (Å²) in [6, 6.07) is 3.65. The Labute approximate surface area is 101 Å². The highest BCUT2D eigenvalue weighted by atomic mass is 127. The van der Waals surface area contributed by atoms with E-state index in [1.165, 1.54) is 18.2 Å². The summed E-state index contributed by atoms with van der Waals surface area (Å²) in [5.74, 6) is -0.674. The summed E-state index contributed by atoms with van der Waals surface area (Å²) in [6.45, 7) is 1.57. The van der Waals surface area contributed by atoms with Crippen LogP contribution in [-0.4, -0.2) is 23.7 Å². The topological polar surface area (TPSA) is 49.3 Å². The molecule has 1 amide bonds. The highest BCUT2D eigenvalue weighted by Crippen LogP contribution is 2.13. The molecule has 0 radical (unpaired) electrons. The number of carbonyl (C=O) groups excluding carboxylic acids is 1. The Hall–Kier alpha value is -0.690. The number of aliphatic hydroxyl groups excluding tert-OH is 1. The molecule has 0 saturated heterocycles. The molecule has 2 N–H and O–H groups in total. The fourth-order valence-electron chi connectivity index (χ4n) is 1.02. The highest BCUT2D eigenvalue weighted by Gasteiger charge is 2.12. The minimum absolute atomic E-state index is 0.122. The molecule has 0 aromatic heterocycles. The zero-order chi connectivity index (χ0) is 11.4. The van der Waals surface area contributed by atoms with Crippen molar-refractivity contribution in [2.45, 2.75) is 13.0 Å². The lowest BCUT2D eigenvalue weighted by Gasteiger charge is -2.11. The molecule has 1 aromatic carbocycles. The predicted molar refractivity (Wildman–Crippen MR) is 63.1 cm³/mol. The fraction of sp³-hybridized carbons (Fsp3) is 0.300. The Morgan fingerprint density at radius 3 is 2.87 bits per heavy atom. The molecule has 0 aliphatic rings. The molecular formula is C10H11FINO2. The van der Waals surface area contributed by atoms with E-state index in [4.69, 9.17) is 5.11 Å². The van der Waals surface area contributed by atoms with Crippen molar-refractivity contribution in [1.82, 2.24) is 5.32 Å². The molecular weight excluding hydrogens is 312 g/mol. The van der Waals surface area contributed by atoms with Gasteiger partial charge in [0.05, 0.1) is 12.2 Å². The van der Waals surface area contributed by atoms with Gasteiger partial charge >= 0.3 is 0 Å². The number of nitrogens with one attached hydrogen (secondary N) is 1. The van der Waals surface area contributed by atoms with E-state index in [-0.39, 0.29) is 24.4 Å².